The van der Waals surface area contributed by atoms with Gasteiger partial charge in [-0.2, -0.15) is 0 Å². The Balaban J connectivity index is 0. The van der Waals surface area contributed by atoms with Crippen molar-refractivity contribution < 1.29 is 19.8 Å². The Labute approximate surface area is 210 Å². The van der Waals surface area contributed by atoms with Crippen LogP contribution in [0.5, 0.6) is 0 Å². The van der Waals surface area contributed by atoms with Crippen LogP contribution in [0.15, 0.2) is 0 Å². The molecule has 204 valence electrons. The fourth-order valence-electron chi connectivity index (χ4n) is 4.26. The van der Waals surface area contributed by atoms with Crippen molar-refractivity contribution in [3.05, 3.63) is 0 Å². The highest BCUT2D eigenvalue weighted by molar-refractivity contribution is 5.66. The summed E-state index contributed by atoms with van der Waals surface area (Å²) in [5, 5.41) is 15.4. The van der Waals surface area contributed by atoms with Gasteiger partial charge in [-0.25, -0.2) is 0 Å². The minimum atomic E-state index is -0.745. The largest absolute Gasteiger partial charge is 0.481 e. The molecule has 1 aliphatic heterocycles. The lowest BCUT2D eigenvalue weighted by atomic mass is 9.94. The maximum atomic E-state index is 9.37. The Kier molecular flexibility index (Phi) is 21.7. The molecule has 7 nitrogen and oxygen atoms in total. The van der Waals surface area contributed by atoms with Crippen molar-refractivity contribution in [2.24, 2.45) is 17.6 Å². The smallest absolute Gasteiger partial charge is 0.303 e. The summed E-state index contributed by atoms with van der Waals surface area (Å²) >= 11 is 0. The molecule has 0 amide bonds. The van der Waals surface area contributed by atoms with E-state index in [1.54, 1.807) is 13.8 Å². The first-order chi connectivity index (χ1) is 16.0. The fraction of sp³-hybridized carbons (Fsp3) is 0.926. The first kappa shape index (κ1) is 35.0. The van der Waals surface area contributed by atoms with E-state index >= 15 is 0 Å². The van der Waals surface area contributed by atoms with Crippen molar-refractivity contribution in [3.63, 3.8) is 0 Å². The summed E-state index contributed by atoms with van der Waals surface area (Å²) in [7, 11) is 0. The Morgan fingerprint density at radius 2 is 1.12 bits per heavy atom. The molecule has 0 aliphatic carbocycles. The average molecular weight is 488 g/mol. The number of carbonyl (C=O) groups is 2. The second-order valence-electron chi connectivity index (χ2n) is 10.1. The first-order valence-electron chi connectivity index (χ1n) is 13.6. The predicted octanol–water partition coefficient (Wildman–Crippen LogP) is 5.67. The molecule has 4 N–H and O–H groups in total. The molecule has 2 unspecified atom stereocenters. The lowest BCUT2D eigenvalue weighted by Gasteiger charge is -2.46. The average Bonchev–Trinajstić information content (AvgIpc) is 2.78. The Morgan fingerprint density at radius 3 is 1.35 bits per heavy atom. The minimum absolute atomic E-state index is 0.0651. The van der Waals surface area contributed by atoms with Crippen LogP contribution in [0.2, 0.25) is 0 Å². The Morgan fingerprint density at radius 1 is 0.794 bits per heavy atom. The van der Waals surface area contributed by atoms with E-state index in [-0.39, 0.29) is 18.4 Å². The van der Waals surface area contributed by atoms with Crippen LogP contribution < -0.4 is 5.73 Å². The highest BCUT2D eigenvalue weighted by Crippen LogP contribution is 2.22. The highest BCUT2D eigenvalue weighted by atomic mass is 16.4. The summed E-state index contributed by atoms with van der Waals surface area (Å²) in [6.07, 6.45) is 11.1. The monoisotopic (exact) mass is 487 g/mol. The van der Waals surface area contributed by atoms with Crippen LogP contribution in [0.1, 0.15) is 113 Å². The van der Waals surface area contributed by atoms with Crippen LogP contribution >= 0.6 is 0 Å². The zero-order valence-corrected chi connectivity index (χ0v) is 23.4. The summed E-state index contributed by atoms with van der Waals surface area (Å²) in [5.41, 5.74) is 6.54. The summed E-state index contributed by atoms with van der Waals surface area (Å²) in [4.78, 5) is 24.0. The van der Waals surface area contributed by atoms with Crippen LogP contribution in [0.25, 0.3) is 0 Å². The van der Waals surface area contributed by atoms with E-state index in [0.29, 0.717) is 0 Å². The fourth-order valence-corrected chi connectivity index (χ4v) is 4.26. The van der Waals surface area contributed by atoms with Gasteiger partial charge in [-0.3, -0.25) is 19.4 Å². The molecule has 0 aromatic heterocycles. The van der Waals surface area contributed by atoms with Crippen LogP contribution in [0, 0.1) is 11.8 Å². The summed E-state index contributed by atoms with van der Waals surface area (Å²) in [6, 6.07) is 0. The molecule has 1 heterocycles. The van der Waals surface area contributed by atoms with Gasteiger partial charge in [-0.05, 0) is 31.6 Å². The molecular formula is C27H57N3O4. The number of nitrogens with zero attached hydrogens (tertiary/aromatic N) is 2. The third-order valence-corrected chi connectivity index (χ3v) is 6.29. The van der Waals surface area contributed by atoms with E-state index in [9.17, 15) is 9.59 Å². The highest BCUT2D eigenvalue weighted by Gasteiger charge is 2.33. The normalized spacial score (nSPS) is 20.4. The lowest BCUT2D eigenvalue weighted by molar-refractivity contribution is -0.137. The molecule has 34 heavy (non-hydrogen) atoms. The van der Waals surface area contributed by atoms with Crippen LogP contribution in [-0.2, 0) is 9.59 Å². The molecule has 0 bridgehead atoms. The van der Waals surface area contributed by atoms with Gasteiger partial charge in [-0.1, -0.05) is 80.1 Å². The third kappa shape index (κ3) is 20.2. The second-order valence-corrected chi connectivity index (χ2v) is 10.1. The van der Waals surface area contributed by atoms with Crippen molar-refractivity contribution in [1.29, 1.82) is 0 Å². The van der Waals surface area contributed by atoms with Crippen molar-refractivity contribution in [3.8, 4) is 0 Å². The Hall–Kier alpha value is -1.18. The number of aliphatic carboxylic acids is 2. The molecule has 0 aromatic rings. The molecule has 1 rings (SSSR count). The second kappa shape index (κ2) is 21.1. The van der Waals surface area contributed by atoms with Gasteiger partial charge in [0.1, 0.15) is 0 Å². The molecule has 0 spiro atoms. The number of nitrogens with two attached hydrogens (primary N) is 1. The van der Waals surface area contributed by atoms with E-state index in [1.165, 1.54) is 64.5 Å². The molecule has 1 fully saturated rings. The van der Waals surface area contributed by atoms with Crippen LogP contribution in [0.3, 0.4) is 0 Å². The van der Waals surface area contributed by atoms with Gasteiger partial charge in [0.25, 0.3) is 0 Å². The third-order valence-electron chi connectivity index (χ3n) is 6.29. The molecule has 1 saturated heterocycles. The number of carboxylic acid groups (broad SMARTS) is 2. The van der Waals surface area contributed by atoms with Crippen LogP contribution in [-0.4, -0.2) is 70.3 Å². The zero-order valence-electron chi connectivity index (χ0n) is 23.4. The number of hydrogen-bond donors (Lipinski definition) is 3. The number of hydrogen-bond acceptors (Lipinski definition) is 5. The van der Waals surface area contributed by atoms with E-state index < -0.39 is 11.9 Å². The molecule has 2 atom stereocenters. The first-order valence-corrected chi connectivity index (χ1v) is 13.6. The molecular weight excluding hydrogens is 430 g/mol. The van der Waals surface area contributed by atoms with Gasteiger partial charge in [-0.15, -0.1) is 0 Å². The van der Waals surface area contributed by atoms with E-state index in [2.05, 4.69) is 44.4 Å². The summed E-state index contributed by atoms with van der Waals surface area (Å²) in [6.45, 7) is 20.4. The molecule has 0 aromatic carbocycles. The van der Waals surface area contributed by atoms with Crippen molar-refractivity contribution in [2.75, 3.05) is 32.8 Å². The maximum absolute atomic E-state index is 9.37. The van der Waals surface area contributed by atoms with Crippen molar-refractivity contribution >= 4 is 11.9 Å². The minimum Gasteiger partial charge on any atom is -0.481 e. The molecule has 0 saturated carbocycles. The van der Waals surface area contributed by atoms with E-state index in [0.717, 1.165) is 31.6 Å². The van der Waals surface area contributed by atoms with Gasteiger partial charge in [0, 0.05) is 44.6 Å². The molecule has 0 radical (unpaired) electrons. The zero-order chi connectivity index (χ0) is 26.6. The number of unbranched alkanes of at least 4 members (excludes halogenated alkanes) is 2. The number of carboxylic acids is 2. The van der Waals surface area contributed by atoms with E-state index in [4.69, 9.17) is 15.9 Å². The molecule has 1 aliphatic rings. The number of rotatable bonds is 14. The maximum Gasteiger partial charge on any atom is 0.303 e. The SMILES string of the molecule is CCC(=O)O.CCC(=O)O.CCCCC(CC)CN1CN(CC(CC)CCCC)CC(C)(N)C1. The Bertz CT molecular complexity index is 472. The quantitative estimate of drug-likeness (QED) is 0.289. The molecule has 7 heteroatoms. The topological polar surface area (TPSA) is 107 Å². The summed E-state index contributed by atoms with van der Waals surface area (Å²) < 4.78 is 0. The van der Waals surface area contributed by atoms with Gasteiger partial charge in [0.2, 0.25) is 0 Å². The van der Waals surface area contributed by atoms with Crippen molar-refractivity contribution in [1.82, 2.24) is 9.80 Å². The van der Waals surface area contributed by atoms with E-state index in [1.807, 2.05) is 0 Å². The van der Waals surface area contributed by atoms with Gasteiger partial charge < -0.3 is 15.9 Å². The standard InChI is InChI=1S/C21H45N3.2C3H6O2/c1-6-10-12-19(8-3)14-23-16-21(5,22)17-24(18-23)15-20(9-4)13-11-7-2;2*1-2-3(4)5/h19-20H,6-18,22H2,1-5H3;2*2H2,1H3,(H,4,5). The summed E-state index contributed by atoms with van der Waals surface area (Å²) in [5.74, 6) is 0.181. The van der Waals surface area contributed by atoms with Gasteiger partial charge in [0.15, 0.2) is 0 Å². The van der Waals surface area contributed by atoms with Crippen LogP contribution in [0.4, 0.5) is 0 Å². The van der Waals surface area contributed by atoms with Gasteiger partial charge >= 0.3 is 11.9 Å². The lowest BCUT2D eigenvalue weighted by Crippen LogP contribution is -2.63. The van der Waals surface area contributed by atoms with Crippen molar-refractivity contribution in [2.45, 2.75) is 118 Å². The van der Waals surface area contributed by atoms with Gasteiger partial charge in [0.05, 0.1) is 6.67 Å². The predicted molar refractivity (Wildman–Crippen MR) is 143 cm³/mol.